The van der Waals surface area contributed by atoms with Gasteiger partial charge in [0.1, 0.15) is 17.2 Å². The standard InChI is InChI=1S/C38H40N4O8S/c1-38(2,3)25-20-31(36(49-5)32(21-25)42-51(6,46)47)41-37(45)40-30-13-14-33(29-10-8-7-9-28(29)30)50-27-15-16-39-26(22-27)17-23-11-12-24(19-35(43)44)34(18-23)48-4/h7-16,18,20-22,42H,17,19H2,1-6H3,(H,43,44)(H2,40,41,45). The predicted molar refractivity (Wildman–Crippen MR) is 198 cm³/mol. The number of hydrogen-bond donors (Lipinski definition) is 4. The molecular formula is C38H40N4O8S. The Labute approximate surface area is 296 Å². The van der Waals surface area contributed by atoms with Gasteiger partial charge in [-0.1, -0.05) is 57.2 Å². The van der Waals surface area contributed by atoms with E-state index in [1.54, 1.807) is 42.6 Å². The fraction of sp³-hybridized carbons (Fsp3) is 0.237. The van der Waals surface area contributed by atoms with Crippen LogP contribution in [-0.4, -0.2) is 51.0 Å². The lowest BCUT2D eigenvalue weighted by Gasteiger charge is -2.24. The highest BCUT2D eigenvalue weighted by Gasteiger charge is 2.22. The lowest BCUT2D eigenvalue weighted by molar-refractivity contribution is -0.136. The van der Waals surface area contributed by atoms with Crippen molar-refractivity contribution < 1.29 is 37.3 Å². The van der Waals surface area contributed by atoms with E-state index in [1.807, 2.05) is 63.2 Å². The number of hydrogen-bond acceptors (Lipinski definition) is 8. The smallest absolute Gasteiger partial charge is 0.323 e. The number of sulfonamides is 1. The van der Waals surface area contributed by atoms with Crippen LogP contribution in [0.5, 0.6) is 23.0 Å². The predicted octanol–water partition coefficient (Wildman–Crippen LogP) is 7.58. The Morgan fingerprint density at radius 2 is 1.53 bits per heavy atom. The minimum absolute atomic E-state index is 0.135. The highest BCUT2D eigenvalue weighted by Crippen LogP contribution is 2.40. The van der Waals surface area contributed by atoms with Gasteiger partial charge in [-0.15, -0.1) is 0 Å². The van der Waals surface area contributed by atoms with Crippen LogP contribution >= 0.6 is 0 Å². The number of aromatic nitrogens is 1. The first kappa shape index (κ1) is 36.5. The van der Waals surface area contributed by atoms with Crippen LogP contribution in [0.1, 0.15) is 43.2 Å². The van der Waals surface area contributed by atoms with Crippen molar-refractivity contribution in [1.29, 1.82) is 0 Å². The van der Waals surface area contributed by atoms with Gasteiger partial charge in [0.05, 0.1) is 44.0 Å². The number of pyridine rings is 1. The number of amides is 2. The van der Waals surface area contributed by atoms with Crippen LogP contribution < -0.4 is 29.6 Å². The molecular weight excluding hydrogens is 673 g/mol. The average molecular weight is 713 g/mol. The van der Waals surface area contributed by atoms with Gasteiger partial charge in [-0.3, -0.25) is 14.5 Å². The van der Waals surface area contributed by atoms with E-state index in [0.29, 0.717) is 40.6 Å². The molecule has 0 atom stereocenters. The third-order valence-corrected chi connectivity index (χ3v) is 8.52. The minimum atomic E-state index is -3.64. The zero-order chi connectivity index (χ0) is 36.9. The zero-order valence-corrected chi connectivity index (χ0v) is 30.0. The Kier molecular flexibility index (Phi) is 10.7. The highest BCUT2D eigenvalue weighted by molar-refractivity contribution is 7.92. The quantitative estimate of drug-likeness (QED) is 0.102. The number of rotatable bonds is 12. The number of benzene rings is 4. The second-order valence-electron chi connectivity index (χ2n) is 12.9. The normalized spacial score (nSPS) is 11.5. The number of anilines is 3. The second kappa shape index (κ2) is 15.0. The van der Waals surface area contributed by atoms with Gasteiger partial charge >= 0.3 is 12.0 Å². The van der Waals surface area contributed by atoms with Crippen molar-refractivity contribution in [3.8, 4) is 23.0 Å². The molecule has 0 saturated heterocycles. The van der Waals surface area contributed by atoms with Crippen molar-refractivity contribution in [2.45, 2.75) is 39.0 Å². The van der Waals surface area contributed by atoms with Crippen LogP contribution in [0, 0.1) is 0 Å². The van der Waals surface area contributed by atoms with Crippen molar-refractivity contribution >= 4 is 49.9 Å². The van der Waals surface area contributed by atoms with E-state index in [2.05, 4.69) is 20.3 Å². The number of carboxylic acid groups (broad SMARTS) is 1. The molecule has 4 aromatic carbocycles. The molecule has 1 aromatic heterocycles. The van der Waals surface area contributed by atoms with E-state index in [9.17, 15) is 23.1 Å². The number of urea groups is 1. The SMILES string of the molecule is COc1cc(Cc2cc(Oc3ccc(NC(=O)Nc4cc(C(C)(C)C)cc(NS(C)(=O)=O)c4OC)c4ccccc34)ccn2)ccc1CC(=O)O. The molecule has 0 aliphatic heterocycles. The van der Waals surface area contributed by atoms with E-state index >= 15 is 0 Å². The van der Waals surface area contributed by atoms with Gasteiger partial charge in [-0.2, -0.15) is 0 Å². The van der Waals surface area contributed by atoms with E-state index < -0.39 is 22.0 Å². The molecule has 266 valence electrons. The molecule has 5 aromatic rings. The maximum absolute atomic E-state index is 13.4. The molecule has 5 rings (SSSR count). The summed E-state index contributed by atoms with van der Waals surface area (Å²) in [5.41, 5.74) is 3.67. The molecule has 0 fully saturated rings. The molecule has 0 spiro atoms. The van der Waals surface area contributed by atoms with Crippen LogP contribution in [0.4, 0.5) is 21.9 Å². The topological polar surface area (TPSA) is 165 Å². The van der Waals surface area contributed by atoms with E-state index in [0.717, 1.165) is 33.8 Å². The highest BCUT2D eigenvalue weighted by atomic mass is 32.2. The molecule has 0 bridgehead atoms. The van der Waals surface area contributed by atoms with Crippen molar-refractivity contribution in [2.75, 3.05) is 35.8 Å². The molecule has 0 aliphatic carbocycles. The van der Waals surface area contributed by atoms with Gasteiger partial charge in [0.2, 0.25) is 10.0 Å². The molecule has 1 heterocycles. The summed E-state index contributed by atoms with van der Waals surface area (Å²) in [6.07, 6.45) is 3.04. The number of methoxy groups -OCH3 is 2. The van der Waals surface area contributed by atoms with E-state index in [4.69, 9.17) is 14.2 Å². The molecule has 0 saturated carbocycles. The number of fused-ring (bicyclic) bond motifs is 1. The van der Waals surface area contributed by atoms with Crippen LogP contribution in [-0.2, 0) is 33.1 Å². The van der Waals surface area contributed by atoms with Crippen molar-refractivity contribution in [2.24, 2.45) is 0 Å². The summed E-state index contributed by atoms with van der Waals surface area (Å²) in [4.78, 5) is 29.1. The number of nitrogens with one attached hydrogen (secondary N) is 3. The third kappa shape index (κ3) is 9.25. The molecule has 0 unspecified atom stereocenters. The molecule has 12 nitrogen and oxygen atoms in total. The summed E-state index contributed by atoms with van der Waals surface area (Å²) < 4.78 is 44.0. The first-order valence-electron chi connectivity index (χ1n) is 15.9. The van der Waals surface area contributed by atoms with Gasteiger partial charge in [0.25, 0.3) is 0 Å². The Bertz CT molecular complexity index is 2210. The molecule has 13 heteroatoms. The van der Waals surface area contributed by atoms with Gasteiger partial charge in [-0.05, 0) is 52.9 Å². The molecule has 51 heavy (non-hydrogen) atoms. The van der Waals surface area contributed by atoms with Crippen molar-refractivity contribution in [3.63, 3.8) is 0 Å². The summed E-state index contributed by atoms with van der Waals surface area (Å²) in [5.74, 6) is 0.854. The first-order valence-corrected chi connectivity index (χ1v) is 17.8. The van der Waals surface area contributed by atoms with Crippen molar-refractivity contribution in [1.82, 2.24) is 4.98 Å². The fourth-order valence-electron chi connectivity index (χ4n) is 5.56. The summed E-state index contributed by atoms with van der Waals surface area (Å²) >= 11 is 0. The van der Waals surface area contributed by atoms with Crippen LogP contribution in [0.25, 0.3) is 10.8 Å². The fourth-order valence-corrected chi connectivity index (χ4v) is 6.11. The summed E-state index contributed by atoms with van der Waals surface area (Å²) in [7, 11) is -0.726. The second-order valence-corrected chi connectivity index (χ2v) is 14.7. The summed E-state index contributed by atoms with van der Waals surface area (Å²) in [6, 6.07) is 22.9. The number of carbonyl (C=O) groups excluding carboxylic acids is 1. The first-order chi connectivity index (χ1) is 24.1. The minimum Gasteiger partial charge on any atom is -0.496 e. The summed E-state index contributed by atoms with van der Waals surface area (Å²) in [6.45, 7) is 5.94. The Morgan fingerprint density at radius 3 is 2.20 bits per heavy atom. The zero-order valence-electron chi connectivity index (χ0n) is 29.2. The van der Waals surface area contributed by atoms with Crippen LogP contribution in [0.2, 0.25) is 0 Å². The molecule has 0 radical (unpaired) electrons. The Balaban J connectivity index is 1.37. The lowest BCUT2D eigenvalue weighted by Crippen LogP contribution is -2.22. The van der Waals surface area contributed by atoms with Crippen LogP contribution in [0.3, 0.4) is 0 Å². The third-order valence-electron chi connectivity index (χ3n) is 7.93. The number of carbonyl (C=O) groups is 2. The largest absolute Gasteiger partial charge is 0.496 e. The maximum atomic E-state index is 13.4. The molecule has 2 amide bonds. The number of carboxylic acids is 1. The van der Waals surface area contributed by atoms with E-state index in [-0.39, 0.29) is 23.3 Å². The van der Waals surface area contributed by atoms with Gasteiger partial charge < -0.3 is 30.0 Å². The van der Waals surface area contributed by atoms with Gasteiger partial charge in [0.15, 0.2) is 5.75 Å². The summed E-state index contributed by atoms with van der Waals surface area (Å²) in [5, 5.41) is 16.4. The average Bonchev–Trinajstić information content (AvgIpc) is 3.05. The Morgan fingerprint density at radius 1 is 0.824 bits per heavy atom. The monoisotopic (exact) mass is 712 g/mol. The maximum Gasteiger partial charge on any atom is 0.323 e. The molecule has 4 N–H and O–H groups in total. The number of ether oxygens (including phenoxy) is 3. The molecule has 0 aliphatic rings. The number of nitrogens with zero attached hydrogens (tertiary/aromatic N) is 1. The van der Waals surface area contributed by atoms with Crippen LogP contribution in [0.15, 0.2) is 85.1 Å². The van der Waals surface area contributed by atoms with Gasteiger partial charge in [0, 0.05) is 40.7 Å². The Hall–Kier alpha value is -5.82. The van der Waals surface area contributed by atoms with Gasteiger partial charge in [-0.25, -0.2) is 13.2 Å². The van der Waals surface area contributed by atoms with Crippen molar-refractivity contribution in [3.05, 3.63) is 107 Å². The van der Waals surface area contributed by atoms with E-state index in [1.165, 1.54) is 14.2 Å². The number of aliphatic carboxylic acids is 1. The lowest BCUT2D eigenvalue weighted by atomic mass is 9.86.